The zero-order chi connectivity index (χ0) is 33.3. The molecule has 3 fully saturated rings. The summed E-state index contributed by atoms with van der Waals surface area (Å²) in [5.41, 5.74) is -0.734. The monoisotopic (exact) mass is 650 g/mol. The van der Waals surface area contributed by atoms with Crippen molar-refractivity contribution < 1.29 is 38.5 Å². The molecule has 12 heteroatoms. The van der Waals surface area contributed by atoms with Gasteiger partial charge in [-0.1, -0.05) is 54.6 Å². The van der Waals surface area contributed by atoms with Gasteiger partial charge in [0.05, 0.1) is 43.9 Å². The molecule has 0 radical (unpaired) electrons. The molecular weight excluding hydrogens is 604 g/mol. The molecular formula is C35H46N4O8. The third kappa shape index (κ3) is 6.12. The summed E-state index contributed by atoms with van der Waals surface area (Å²) in [4.78, 5) is 63.6. The summed E-state index contributed by atoms with van der Waals surface area (Å²) in [5.74, 6) is -3.55. The van der Waals surface area contributed by atoms with E-state index in [9.17, 15) is 24.3 Å². The molecule has 1 aromatic rings. The Balaban J connectivity index is 1.38. The quantitative estimate of drug-likeness (QED) is 0.356. The van der Waals surface area contributed by atoms with Crippen LogP contribution in [0.4, 0.5) is 0 Å². The molecule has 5 aliphatic rings. The summed E-state index contributed by atoms with van der Waals surface area (Å²) in [6, 6.07) is 6.99. The zero-order valence-electron chi connectivity index (χ0n) is 27.4. The minimum Gasteiger partial charge on any atom is -0.455 e. The molecule has 3 amide bonds. The van der Waals surface area contributed by atoms with Crippen molar-refractivity contribution in [2.45, 2.75) is 62.6 Å². The second kappa shape index (κ2) is 13.9. The van der Waals surface area contributed by atoms with E-state index >= 15 is 0 Å². The Morgan fingerprint density at radius 2 is 1.77 bits per heavy atom. The van der Waals surface area contributed by atoms with E-state index in [1.54, 1.807) is 42.0 Å². The molecule has 1 spiro atoms. The van der Waals surface area contributed by atoms with E-state index in [-0.39, 0.29) is 24.8 Å². The van der Waals surface area contributed by atoms with Crippen LogP contribution < -0.4 is 0 Å². The zero-order valence-corrected chi connectivity index (χ0v) is 27.4. The number of cyclic esters (lactones) is 1. The van der Waals surface area contributed by atoms with Crippen LogP contribution in [0.1, 0.15) is 38.4 Å². The Morgan fingerprint density at radius 1 is 1.02 bits per heavy atom. The van der Waals surface area contributed by atoms with Crippen molar-refractivity contribution in [3.8, 4) is 0 Å². The fourth-order valence-corrected chi connectivity index (χ4v) is 7.72. The summed E-state index contributed by atoms with van der Waals surface area (Å²) in [6.07, 6.45) is 6.17. The van der Waals surface area contributed by atoms with Gasteiger partial charge < -0.3 is 34.0 Å². The topological polar surface area (TPSA) is 129 Å². The lowest BCUT2D eigenvalue weighted by Gasteiger charge is -2.38. The van der Waals surface area contributed by atoms with Crippen molar-refractivity contribution in [2.75, 3.05) is 59.6 Å². The lowest BCUT2D eigenvalue weighted by Crippen LogP contribution is -2.58. The number of hydrogen-bond donors (Lipinski definition) is 1. The maximum absolute atomic E-state index is 14.5. The Bertz CT molecular complexity index is 1400. The lowest BCUT2D eigenvalue weighted by molar-refractivity contribution is -0.164. The van der Waals surface area contributed by atoms with Crippen molar-refractivity contribution in [1.29, 1.82) is 0 Å². The van der Waals surface area contributed by atoms with Gasteiger partial charge in [0.15, 0.2) is 0 Å². The van der Waals surface area contributed by atoms with E-state index in [2.05, 4.69) is 4.90 Å². The first-order valence-electron chi connectivity index (χ1n) is 16.7. The van der Waals surface area contributed by atoms with E-state index < -0.39 is 59.6 Å². The van der Waals surface area contributed by atoms with Crippen LogP contribution in [0.25, 0.3) is 0 Å². The molecule has 0 bridgehead atoms. The third-order valence-electron chi connectivity index (χ3n) is 10.5. The van der Waals surface area contributed by atoms with Gasteiger partial charge in [-0.3, -0.25) is 24.1 Å². The smallest absolute Gasteiger partial charge is 0.313 e. The van der Waals surface area contributed by atoms with Crippen molar-refractivity contribution in [3.05, 3.63) is 60.2 Å². The number of hydrogen-bond acceptors (Lipinski definition) is 9. The number of amides is 3. The maximum Gasteiger partial charge on any atom is 0.313 e. The number of allylic oxidation sites excluding steroid dienone is 1. The number of aliphatic hydroxyl groups excluding tert-OH is 1. The second-order valence-corrected chi connectivity index (χ2v) is 13.2. The highest BCUT2D eigenvalue weighted by Gasteiger charge is 2.72. The number of esters is 1. The summed E-state index contributed by atoms with van der Waals surface area (Å²) in [6.45, 7) is 7.46. The number of carbonyl (C=O) groups is 4. The highest BCUT2D eigenvalue weighted by molar-refractivity contribution is 5.99. The minimum absolute atomic E-state index is 0.0857. The number of morpholine rings is 1. The molecule has 0 aromatic heterocycles. The molecule has 1 aromatic carbocycles. The maximum atomic E-state index is 14.5. The fourth-order valence-electron chi connectivity index (χ4n) is 7.72. The molecule has 0 aliphatic carbocycles. The van der Waals surface area contributed by atoms with Crippen molar-refractivity contribution >= 4 is 23.7 Å². The largest absolute Gasteiger partial charge is 0.455 e. The van der Waals surface area contributed by atoms with Gasteiger partial charge in [-0.25, -0.2) is 0 Å². The minimum atomic E-state index is -1.45. The normalized spacial score (nSPS) is 34.9. The summed E-state index contributed by atoms with van der Waals surface area (Å²) in [5, 5.41) is 10.3. The van der Waals surface area contributed by atoms with Crippen LogP contribution in [0.2, 0.25) is 0 Å². The summed E-state index contributed by atoms with van der Waals surface area (Å²) >= 11 is 0. The fraction of sp³-hybridized carbons (Fsp3) is 0.600. The molecule has 47 heavy (non-hydrogen) atoms. The summed E-state index contributed by atoms with van der Waals surface area (Å²) in [7, 11) is 1.70. The predicted molar refractivity (Wildman–Crippen MR) is 171 cm³/mol. The van der Waals surface area contributed by atoms with Crippen LogP contribution in [-0.2, 0) is 33.4 Å². The molecule has 5 heterocycles. The molecule has 6 rings (SSSR count). The first-order chi connectivity index (χ1) is 22.7. The predicted octanol–water partition coefficient (Wildman–Crippen LogP) is 1.16. The Hall–Kier alpha value is -3.58. The SMILES string of the molecule is C[C@H](CO)N1C(=O)[C@H]2[C@@H]3C(=O)O[C@@H](c4ccccc4)[C@H](C)N(C)C(=O)CC/C=C\[C@@H]3O[C@]23C=CCN(CCN2CCOCC2)C(=O)[C@H]13. The van der Waals surface area contributed by atoms with Gasteiger partial charge in [-0.05, 0) is 25.8 Å². The number of aliphatic hydroxyl groups is 1. The van der Waals surface area contributed by atoms with Gasteiger partial charge in [0.1, 0.15) is 23.7 Å². The molecule has 8 atom stereocenters. The Morgan fingerprint density at radius 3 is 2.49 bits per heavy atom. The highest BCUT2D eigenvalue weighted by Crippen LogP contribution is 2.54. The van der Waals surface area contributed by atoms with Crippen molar-refractivity contribution in [3.63, 3.8) is 0 Å². The van der Waals surface area contributed by atoms with Crippen LogP contribution in [0.5, 0.6) is 0 Å². The average Bonchev–Trinajstić information content (AvgIpc) is 3.49. The molecule has 3 saturated heterocycles. The second-order valence-electron chi connectivity index (χ2n) is 13.2. The van der Waals surface area contributed by atoms with Crippen molar-refractivity contribution in [2.24, 2.45) is 11.8 Å². The first kappa shape index (κ1) is 33.3. The van der Waals surface area contributed by atoms with Crippen LogP contribution in [0.15, 0.2) is 54.6 Å². The van der Waals surface area contributed by atoms with E-state index in [0.29, 0.717) is 39.3 Å². The van der Waals surface area contributed by atoms with Crippen LogP contribution >= 0.6 is 0 Å². The Labute approximate surface area is 275 Å². The van der Waals surface area contributed by atoms with Crippen LogP contribution in [0.3, 0.4) is 0 Å². The van der Waals surface area contributed by atoms with Crippen LogP contribution in [0, 0.1) is 11.8 Å². The molecule has 0 unspecified atom stereocenters. The van der Waals surface area contributed by atoms with E-state index in [1.165, 1.54) is 4.90 Å². The van der Waals surface area contributed by atoms with Crippen molar-refractivity contribution in [1.82, 2.24) is 19.6 Å². The summed E-state index contributed by atoms with van der Waals surface area (Å²) < 4.78 is 18.5. The number of likely N-dealkylation sites (tertiary alicyclic amines) is 1. The first-order valence-corrected chi connectivity index (χ1v) is 16.7. The molecule has 0 saturated carbocycles. The van der Waals surface area contributed by atoms with Crippen LogP contribution in [-0.4, -0.2) is 138 Å². The molecule has 1 N–H and O–H groups in total. The van der Waals surface area contributed by atoms with Gasteiger partial charge in [-0.15, -0.1) is 0 Å². The van der Waals surface area contributed by atoms with E-state index in [0.717, 1.165) is 18.7 Å². The number of likely N-dealkylation sites (N-methyl/N-ethyl adjacent to an activating group) is 1. The molecule has 5 aliphatic heterocycles. The molecule has 254 valence electrons. The van der Waals surface area contributed by atoms with Gasteiger partial charge in [0.2, 0.25) is 17.7 Å². The number of benzene rings is 1. The van der Waals surface area contributed by atoms with Gasteiger partial charge in [-0.2, -0.15) is 0 Å². The van der Waals surface area contributed by atoms with E-state index in [1.807, 2.05) is 43.3 Å². The third-order valence-corrected chi connectivity index (χ3v) is 10.5. The molecule has 12 nitrogen and oxygen atoms in total. The van der Waals surface area contributed by atoms with Gasteiger partial charge in [0, 0.05) is 46.2 Å². The standard InChI is InChI=1S/C35H46N4O8/c1-23(22-40)39-31-33(43)38(17-16-37-18-20-45-21-19-37)15-9-14-35(31)29(32(39)42)28-26(47-35)12-7-8-13-27(41)36(3)24(2)30(46-34(28)44)25-10-5-4-6-11-25/h4-7,9-12,14,23-24,26,28-31,40H,8,13,15-22H2,1-3H3/b12-7-/t23-,24+,26+,28-,29-,30-,31+,35-/m1/s1. The highest BCUT2D eigenvalue weighted by atomic mass is 16.6. The number of carbonyl (C=O) groups excluding carboxylic acids is 4. The Kier molecular flexibility index (Phi) is 9.84. The number of fused-ring (bicyclic) bond motifs is 2. The number of nitrogens with zero attached hydrogens (tertiary/aromatic N) is 4. The number of ether oxygens (including phenoxy) is 3. The van der Waals surface area contributed by atoms with E-state index in [4.69, 9.17) is 14.2 Å². The van der Waals surface area contributed by atoms with Gasteiger partial charge >= 0.3 is 5.97 Å². The number of rotatable bonds is 6. The van der Waals surface area contributed by atoms with Gasteiger partial charge in [0.25, 0.3) is 0 Å². The lowest BCUT2D eigenvalue weighted by atomic mass is 9.77. The average molecular weight is 651 g/mol.